The molecule has 69 heavy (non-hydrogen) atoms. The molecular formula is C49H49F2N9O8S. The Labute approximate surface area is 396 Å². The van der Waals surface area contributed by atoms with E-state index in [1.165, 1.54) is 29.1 Å². The van der Waals surface area contributed by atoms with E-state index in [1.54, 1.807) is 17.0 Å². The topological polar surface area (TPSA) is 200 Å². The molecule has 4 aliphatic heterocycles. The molecule has 17 nitrogen and oxygen atoms in total. The molecule has 0 spiro atoms. The van der Waals surface area contributed by atoms with Crippen molar-refractivity contribution in [2.24, 2.45) is 5.92 Å². The zero-order chi connectivity index (χ0) is 48.1. The molecule has 10 rings (SSSR count). The Bertz CT molecular complexity index is 3080. The van der Waals surface area contributed by atoms with Crippen LogP contribution >= 0.6 is 0 Å². The standard InChI is InChI=1S/C49H49F2N9O8S/c1-56(34-21-37(22-34)67-35-6-8-38-30(20-35)26-59(48(38)63)44-12-13-45(61)54-47(44)62)25-29-14-17-57(18-15-29)32-2-4-33(5-3-32)60-28-53-42-10-7-36(23-39(42)49(60)64)68-46-40(24-52)43(11-9-41(46)51)55-69(65,66)58-19-16-31(50)27-58/h2-11,20,23,28-29,31,34,37,44,55H,12-19,21-22,25-27H2,1H3,(H,54,61,62)/t31-,34-,37-,44+/m1/s1. The lowest BCUT2D eigenvalue weighted by Crippen LogP contribution is -2.52. The van der Waals surface area contributed by atoms with Crippen molar-refractivity contribution in [1.82, 2.24) is 29.0 Å². The third-order valence-corrected chi connectivity index (χ3v) is 15.5. The van der Waals surface area contributed by atoms with Crippen molar-refractivity contribution in [3.05, 3.63) is 112 Å². The maximum Gasteiger partial charge on any atom is 0.301 e. The first-order valence-electron chi connectivity index (χ1n) is 23.0. The second kappa shape index (κ2) is 18.5. The van der Waals surface area contributed by atoms with E-state index in [4.69, 9.17) is 9.47 Å². The highest BCUT2D eigenvalue weighted by atomic mass is 32.2. The molecule has 3 amide bonds. The minimum absolute atomic E-state index is 0.0142. The highest BCUT2D eigenvalue weighted by Gasteiger charge is 2.40. The molecule has 1 saturated carbocycles. The lowest BCUT2D eigenvalue weighted by atomic mass is 9.86. The minimum Gasteiger partial charge on any atom is -0.490 e. The van der Waals surface area contributed by atoms with Crippen LogP contribution in [0.1, 0.15) is 66.4 Å². The Morgan fingerprint density at radius 2 is 1.68 bits per heavy atom. The lowest BCUT2D eigenvalue weighted by molar-refractivity contribution is -0.136. The third-order valence-electron chi connectivity index (χ3n) is 14.0. The van der Waals surface area contributed by atoms with Gasteiger partial charge in [0.2, 0.25) is 11.8 Å². The number of aromatic nitrogens is 2. The van der Waals surface area contributed by atoms with E-state index in [0.29, 0.717) is 47.4 Å². The average molecular weight is 962 g/mol. The number of rotatable bonds is 13. The molecule has 1 aliphatic carbocycles. The number of piperidine rings is 2. The molecule has 0 unspecified atom stereocenters. The van der Waals surface area contributed by atoms with Gasteiger partial charge in [0.15, 0.2) is 11.6 Å². The predicted molar refractivity (Wildman–Crippen MR) is 250 cm³/mol. The Morgan fingerprint density at radius 1 is 0.928 bits per heavy atom. The molecule has 2 N–H and O–H groups in total. The molecule has 0 radical (unpaired) electrons. The van der Waals surface area contributed by atoms with Crippen LogP contribution in [0.15, 0.2) is 83.9 Å². The largest absolute Gasteiger partial charge is 0.490 e. The number of hydrogen-bond donors (Lipinski definition) is 2. The van der Waals surface area contributed by atoms with Crippen molar-refractivity contribution in [1.29, 1.82) is 5.26 Å². The number of imide groups is 1. The molecule has 0 bridgehead atoms. The van der Waals surface area contributed by atoms with Crippen molar-refractivity contribution in [3.63, 3.8) is 0 Å². The first-order chi connectivity index (χ1) is 33.2. The summed E-state index contributed by atoms with van der Waals surface area (Å²) in [4.78, 5) is 61.8. The number of alkyl halides is 1. The van der Waals surface area contributed by atoms with Crippen LogP contribution in [-0.2, 0) is 26.3 Å². The maximum atomic E-state index is 15.2. The number of nitrogens with zero attached hydrogens (tertiary/aromatic N) is 7. The minimum atomic E-state index is -4.24. The number of nitrogens with one attached hydrogen (secondary N) is 2. The molecule has 358 valence electrons. The number of halogens is 2. The van der Waals surface area contributed by atoms with Crippen LogP contribution in [0, 0.1) is 23.1 Å². The van der Waals surface area contributed by atoms with Gasteiger partial charge >= 0.3 is 10.2 Å². The van der Waals surface area contributed by atoms with E-state index < -0.39 is 51.0 Å². The normalized spacial score (nSPS) is 22.1. The molecule has 5 heterocycles. The second-order valence-electron chi connectivity index (χ2n) is 18.4. The first-order valence-corrected chi connectivity index (χ1v) is 24.5. The van der Waals surface area contributed by atoms with Gasteiger partial charge in [-0.25, -0.2) is 13.8 Å². The van der Waals surface area contributed by atoms with Crippen LogP contribution in [0.3, 0.4) is 0 Å². The highest BCUT2D eigenvalue weighted by Crippen LogP contribution is 2.37. The van der Waals surface area contributed by atoms with Crippen molar-refractivity contribution < 1.29 is 41.1 Å². The van der Waals surface area contributed by atoms with Gasteiger partial charge in [-0.15, -0.1) is 0 Å². The summed E-state index contributed by atoms with van der Waals surface area (Å²) < 4.78 is 71.5. The van der Waals surface area contributed by atoms with Gasteiger partial charge in [-0.2, -0.15) is 18.0 Å². The fourth-order valence-electron chi connectivity index (χ4n) is 9.99. The molecule has 5 aromatic rings. The number of carbonyl (C=O) groups is 3. The number of hydrogen-bond acceptors (Lipinski definition) is 12. The Morgan fingerprint density at radius 3 is 2.41 bits per heavy atom. The summed E-state index contributed by atoms with van der Waals surface area (Å²) in [6.45, 7) is 2.69. The van der Waals surface area contributed by atoms with Crippen molar-refractivity contribution >= 4 is 50.2 Å². The predicted octanol–water partition coefficient (Wildman–Crippen LogP) is 5.41. The Hall–Kier alpha value is -6.95. The van der Waals surface area contributed by atoms with Crippen LogP contribution in [0.5, 0.6) is 17.2 Å². The van der Waals surface area contributed by atoms with E-state index in [2.05, 4.69) is 31.9 Å². The van der Waals surface area contributed by atoms with E-state index in [1.807, 2.05) is 36.4 Å². The average Bonchev–Trinajstić information content (AvgIpc) is 3.91. The molecule has 4 fully saturated rings. The summed E-state index contributed by atoms with van der Waals surface area (Å²) >= 11 is 0. The summed E-state index contributed by atoms with van der Waals surface area (Å²) in [5.74, 6) is -1.17. The van der Waals surface area contributed by atoms with Gasteiger partial charge < -0.3 is 24.2 Å². The third kappa shape index (κ3) is 9.21. The summed E-state index contributed by atoms with van der Waals surface area (Å²) in [5.41, 5.74) is 2.28. The summed E-state index contributed by atoms with van der Waals surface area (Å²) in [6, 6.07) is 21.1. The summed E-state index contributed by atoms with van der Waals surface area (Å²) in [6.07, 6.45) is 4.63. The summed E-state index contributed by atoms with van der Waals surface area (Å²) in [7, 11) is -2.07. The molecule has 3 saturated heterocycles. The Balaban J connectivity index is 0.717. The van der Waals surface area contributed by atoms with E-state index >= 15 is 4.39 Å². The van der Waals surface area contributed by atoms with Crippen molar-refractivity contribution in [3.8, 4) is 29.0 Å². The Kier molecular flexibility index (Phi) is 12.3. The smallest absolute Gasteiger partial charge is 0.301 e. The summed E-state index contributed by atoms with van der Waals surface area (Å²) in [5, 5.41) is 12.5. The molecule has 20 heteroatoms. The number of carbonyl (C=O) groups excluding carboxylic acids is 3. The SMILES string of the molecule is CN(CC1CCN(c2ccc(-n3cnc4ccc(Oc5c(F)ccc(NS(=O)(=O)N6CC[C@@H](F)C6)c5C#N)cc4c3=O)cc2)CC1)[C@H]1C[C@H](Oc2ccc3c(c2)CN([C@H]2CCC(=O)NC2=O)C3=O)C1. The van der Waals surface area contributed by atoms with Crippen LogP contribution in [0.2, 0.25) is 0 Å². The molecule has 4 aromatic carbocycles. The lowest BCUT2D eigenvalue weighted by Gasteiger charge is -2.43. The van der Waals surface area contributed by atoms with Gasteiger partial charge in [0.1, 0.15) is 47.8 Å². The van der Waals surface area contributed by atoms with Gasteiger partial charge in [0.05, 0.1) is 22.3 Å². The number of benzene rings is 4. The van der Waals surface area contributed by atoms with Gasteiger partial charge in [-0.1, -0.05) is 0 Å². The monoisotopic (exact) mass is 961 g/mol. The zero-order valence-electron chi connectivity index (χ0n) is 37.6. The van der Waals surface area contributed by atoms with Crippen molar-refractivity contribution in [2.45, 2.75) is 75.8 Å². The molecule has 1 aromatic heterocycles. The van der Waals surface area contributed by atoms with Gasteiger partial charge in [-0.3, -0.25) is 33.8 Å². The number of anilines is 2. The highest BCUT2D eigenvalue weighted by molar-refractivity contribution is 7.90. The van der Waals surface area contributed by atoms with E-state index in [-0.39, 0.29) is 60.7 Å². The van der Waals surface area contributed by atoms with Crippen LogP contribution < -0.4 is 30.0 Å². The van der Waals surface area contributed by atoms with Crippen LogP contribution in [-0.4, -0.2) is 114 Å². The number of fused-ring (bicyclic) bond motifs is 2. The van der Waals surface area contributed by atoms with Crippen molar-refractivity contribution in [2.75, 3.05) is 49.4 Å². The van der Waals surface area contributed by atoms with Gasteiger partial charge in [0, 0.05) is 75.8 Å². The maximum absolute atomic E-state index is 15.2. The fraction of sp³-hybridized carbons (Fsp3) is 0.388. The number of nitriles is 1. The van der Waals surface area contributed by atoms with Gasteiger partial charge in [-0.05, 0) is 117 Å². The van der Waals surface area contributed by atoms with Gasteiger partial charge in [0.25, 0.3) is 11.5 Å². The van der Waals surface area contributed by atoms with Crippen LogP contribution in [0.4, 0.5) is 20.2 Å². The molecule has 5 aliphatic rings. The van der Waals surface area contributed by atoms with E-state index in [9.17, 15) is 37.2 Å². The molecular weight excluding hydrogens is 913 g/mol. The second-order valence-corrected chi connectivity index (χ2v) is 20.1. The fourth-order valence-corrected chi connectivity index (χ4v) is 11.3. The van der Waals surface area contributed by atoms with Crippen LogP contribution in [0.25, 0.3) is 16.6 Å². The number of ether oxygens (including phenoxy) is 2. The first kappa shape index (κ1) is 45.8. The zero-order valence-corrected chi connectivity index (χ0v) is 38.5. The van der Waals surface area contributed by atoms with E-state index in [0.717, 1.165) is 73.0 Å². The quantitative estimate of drug-likeness (QED) is 0.143. The molecule has 2 atom stereocenters. The number of amides is 3.